The maximum atomic E-state index is 12.9. The lowest BCUT2D eigenvalue weighted by Crippen LogP contribution is -2.31. The summed E-state index contributed by atoms with van der Waals surface area (Å²) in [5.74, 6) is -0.509. The van der Waals surface area contributed by atoms with Crippen LogP contribution in [0.3, 0.4) is 0 Å². The highest BCUT2D eigenvalue weighted by molar-refractivity contribution is 6.01. The molecule has 5 N–H and O–H groups in total. The molecule has 30 heavy (non-hydrogen) atoms. The van der Waals surface area contributed by atoms with Crippen LogP contribution in [0.2, 0.25) is 0 Å². The van der Waals surface area contributed by atoms with Crippen LogP contribution in [0.1, 0.15) is 58.4 Å². The van der Waals surface area contributed by atoms with E-state index in [4.69, 9.17) is 11.1 Å². The van der Waals surface area contributed by atoms with E-state index in [9.17, 15) is 9.59 Å². The number of nitrogens with one attached hydrogen (secondary N) is 3. The number of aromatic nitrogens is 2. The summed E-state index contributed by atoms with van der Waals surface area (Å²) in [7, 11) is 0. The van der Waals surface area contributed by atoms with Gasteiger partial charge in [-0.05, 0) is 50.1 Å². The number of carbonyl (C=O) groups excluding carboxylic acids is 2. The van der Waals surface area contributed by atoms with Gasteiger partial charge in [0.2, 0.25) is 0 Å². The Balaban J connectivity index is 1.90. The lowest BCUT2D eigenvalue weighted by Gasteiger charge is -2.10. The van der Waals surface area contributed by atoms with Gasteiger partial charge in [-0.25, -0.2) is 4.98 Å². The number of hydrogen-bond donors (Lipinski definition) is 4. The fourth-order valence-corrected chi connectivity index (χ4v) is 3.25. The molecule has 0 unspecified atom stereocenters. The first-order chi connectivity index (χ1) is 14.3. The molecule has 0 bridgehead atoms. The molecular formula is C22H26N6O2. The zero-order valence-electron chi connectivity index (χ0n) is 17.3. The molecule has 3 rings (SSSR count). The molecule has 0 radical (unpaired) electrons. The molecule has 0 aliphatic carbocycles. The normalized spacial score (nSPS) is 10.9. The van der Waals surface area contributed by atoms with Crippen LogP contribution in [0.15, 0.2) is 36.5 Å². The van der Waals surface area contributed by atoms with Crippen LogP contribution in [-0.4, -0.2) is 33.5 Å². The van der Waals surface area contributed by atoms with Gasteiger partial charge in [0.1, 0.15) is 5.69 Å². The van der Waals surface area contributed by atoms with Gasteiger partial charge in [0, 0.05) is 36.2 Å². The molecule has 2 amide bonds. The van der Waals surface area contributed by atoms with Crippen molar-refractivity contribution >= 4 is 29.4 Å². The lowest BCUT2D eigenvalue weighted by molar-refractivity contribution is 0.0930. The summed E-state index contributed by atoms with van der Waals surface area (Å²) in [6, 6.07) is 8.69. The van der Waals surface area contributed by atoms with Gasteiger partial charge in [0.05, 0.1) is 11.3 Å². The number of anilines is 1. The number of nitrogen functional groups attached to an aromatic ring is 1. The Morgan fingerprint density at radius 2 is 2.03 bits per heavy atom. The summed E-state index contributed by atoms with van der Waals surface area (Å²) >= 11 is 0. The van der Waals surface area contributed by atoms with Crippen LogP contribution in [0, 0.1) is 5.41 Å². The first-order valence-corrected chi connectivity index (χ1v) is 9.83. The van der Waals surface area contributed by atoms with Crippen molar-refractivity contribution in [2.45, 2.75) is 39.8 Å². The number of imidazole rings is 1. The molecular weight excluding hydrogens is 380 g/mol. The number of fused-ring (bicyclic) bond motifs is 1. The highest BCUT2D eigenvalue weighted by Crippen LogP contribution is 2.18. The Hall–Kier alpha value is -3.68. The first-order valence-electron chi connectivity index (χ1n) is 9.83. The van der Waals surface area contributed by atoms with Gasteiger partial charge in [-0.3, -0.25) is 14.0 Å². The molecule has 0 spiro atoms. The van der Waals surface area contributed by atoms with E-state index in [0.29, 0.717) is 40.3 Å². The SMILES string of the molecule is CCc1nc2c(C(=O)NCc3ccc(N)c(C=N)c3)cccn2c1C(=O)NC(C)C. The molecule has 1 aromatic carbocycles. The number of aryl methyl sites for hydroxylation is 1. The van der Waals surface area contributed by atoms with E-state index in [2.05, 4.69) is 15.6 Å². The van der Waals surface area contributed by atoms with E-state index in [1.54, 1.807) is 34.9 Å². The lowest BCUT2D eigenvalue weighted by atomic mass is 10.1. The highest BCUT2D eigenvalue weighted by Gasteiger charge is 2.22. The molecule has 0 aliphatic heterocycles. The first kappa shape index (κ1) is 21.0. The number of benzene rings is 1. The third-order valence-electron chi connectivity index (χ3n) is 4.70. The van der Waals surface area contributed by atoms with Gasteiger partial charge < -0.3 is 21.8 Å². The molecule has 156 valence electrons. The molecule has 0 fully saturated rings. The van der Waals surface area contributed by atoms with E-state index in [0.717, 1.165) is 5.56 Å². The molecule has 0 saturated carbocycles. The summed E-state index contributed by atoms with van der Waals surface area (Å²) in [5.41, 5.74) is 9.68. The van der Waals surface area contributed by atoms with Crippen molar-refractivity contribution in [3.8, 4) is 0 Å². The fraction of sp³-hybridized carbons (Fsp3) is 0.273. The van der Waals surface area contributed by atoms with E-state index < -0.39 is 0 Å². The second kappa shape index (κ2) is 8.77. The Morgan fingerprint density at radius 3 is 2.70 bits per heavy atom. The molecule has 2 aromatic heterocycles. The van der Waals surface area contributed by atoms with Crippen molar-refractivity contribution in [2.75, 3.05) is 5.73 Å². The van der Waals surface area contributed by atoms with Crippen molar-refractivity contribution in [1.82, 2.24) is 20.0 Å². The van der Waals surface area contributed by atoms with Gasteiger partial charge in [0.25, 0.3) is 11.8 Å². The summed E-state index contributed by atoms with van der Waals surface area (Å²) in [5, 5.41) is 13.2. The number of rotatable bonds is 7. The monoisotopic (exact) mass is 406 g/mol. The van der Waals surface area contributed by atoms with Gasteiger partial charge in [0.15, 0.2) is 5.65 Å². The number of nitrogens with zero attached hydrogens (tertiary/aromatic N) is 2. The van der Waals surface area contributed by atoms with Gasteiger partial charge in [-0.15, -0.1) is 0 Å². The van der Waals surface area contributed by atoms with Crippen molar-refractivity contribution in [2.24, 2.45) is 0 Å². The molecule has 3 aromatic rings. The van der Waals surface area contributed by atoms with Crippen LogP contribution in [-0.2, 0) is 13.0 Å². The van der Waals surface area contributed by atoms with Gasteiger partial charge in [-0.1, -0.05) is 13.0 Å². The van der Waals surface area contributed by atoms with Crippen LogP contribution >= 0.6 is 0 Å². The third-order valence-corrected chi connectivity index (χ3v) is 4.70. The van der Waals surface area contributed by atoms with Crippen molar-refractivity contribution in [1.29, 1.82) is 5.41 Å². The predicted molar refractivity (Wildman–Crippen MR) is 117 cm³/mol. The quantitative estimate of drug-likeness (QED) is 0.355. The topological polar surface area (TPSA) is 125 Å². The van der Waals surface area contributed by atoms with Gasteiger partial charge in [-0.2, -0.15) is 0 Å². The smallest absolute Gasteiger partial charge is 0.270 e. The van der Waals surface area contributed by atoms with Crippen LogP contribution in [0.4, 0.5) is 5.69 Å². The maximum Gasteiger partial charge on any atom is 0.270 e. The minimum atomic E-state index is -0.294. The zero-order chi connectivity index (χ0) is 21.8. The predicted octanol–water partition coefficient (Wildman–Crippen LogP) is 2.54. The number of amides is 2. The van der Waals surface area contributed by atoms with Crippen molar-refractivity contribution < 1.29 is 9.59 Å². The number of hydrogen-bond acceptors (Lipinski definition) is 5. The molecule has 0 aliphatic rings. The largest absolute Gasteiger partial charge is 0.398 e. The average Bonchev–Trinajstić information content (AvgIpc) is 3.11. The van der Waals surface area contributed by atoms with Gasteiger partial charge >= 0.3 is 0 Å². The molecule has 8 heteroatoms. The standard InChI is InChI=1S/C22H26N6O2/c1-4-18-19(22(30)26-13(2)3)28-9-5-6-16(20(28)27-18)21(29)25-12-14-7-8-17(24)15(10-14)11-23/h5-11,13,23H,4,12,24H2,1-3H3,(H,25,29)(H,26,30). The Bertz CT molecular complexity index is 1120. The molecule has 0 atom stereocenters. The van der Waals surface area contributed by atoms with Crippen LogP contribution < -0.4 is 16.4 Å². The van der Waals surface area contributed by atoms with E-state index in [1.165, 1.54) is 6.21 Å². The Labute approximate surface area is 175 Å². The fourth-order valence-electron chi connectivity index (χ4n) is 3.25. The second-order valence-electron chi connectivity index (χ2n) is 7.29. The second-order valence-corrected chi connectivity index (χ2v) is 7.29. The Kier molecular flexibility index (Phi) is 6.15. The van der Waals surface area contributed by atoms with Crippen molar-refractivity contribution in [3.63, 3.8) is 0 Å². The summed E-state index contributed by atoms with van der Waals surface area (Å²) in [4.78, 5) is 30.1. The third kappa shape index (κ3) is 4.17. The minimum Gasteiger partial charge on any atom is -0.398 e. The molecule has 0 saturated heterocycles. The highest BCUT2D eigenvalue weighted by atomic mass is 16.2. The molecule has 8 nitrogen and oxygen atoms in total. The summed E-state index contributed by atoms with van der Waals surface area (Å²) in [6.45, 7) is 6.00. The molecule has 2 heterocycles. The van der Waals surface area contributed by atoms with Crippen LogP contribution in [0.25, 0.3) is 5.65 Å². The van der Waals surface area contributed by atoms with E-state index in [-0.39, 0.29) is 24.4 Å². The van der Waals surface area contributed by atoms with E-state index in [1.807, 2.05) is 26.8 Å². The number of nitrogens with two attached hydrogens (primary N) is 1. The van der Waals surface area contributed by atoms with Crippen molar-refractivity contribution in [3.05, 3.63) is 64.6 Å². The Morgan fingerprint density at radius 1 is 1.27 bits per heavy atom. The van der Waals surface area contributed by atoms with E-state index >= 15 is 0 Å². The summed E-state index contributed by atoms with van der Waals surface area (Å²) in [6.07, 6.45) is 3.49. The minimum absolute atomic E-state index is 0.00926. The number of carbonyl (C=O) groups is 2. The maximum absolute atomic E-state index is 12.9. The average molecular weight is 406 g/mol. The zero-order valence-corrected chi connectivity index (χ0v) is 17.3. The summed E-state index contributed by atoms with van der Waals surface area (Å²) < 4.78 is 1.67. The van der Waals surface area contributed by atoms with Crippen LogP contribution in [0.5, 0.6) is 0 Å². The number of pyridine rings is 1.